The Hall–Kier alpha value is -1.76. The summed E-state index contributed by atoms with van der Waals surface area (Å²) in [6, 6.07) is 0. The number of hydrogen-bond donors (Lipinski definition) is 1. The molecule has 0 bridgehead atoms. The van der Waals surface area contributed by atoms with Gasteiger partial charge >= 0.3 is 5.97 Å². The molecule has 3 rings (SSSR count). The van der Waals surface area contributed by atoms with Gasteiger partial charge in [0.1, 0.15) is 0 Å². The number of fused-ring (bicyclic) bond motifs is 1. The number of rotatable bonds is 2. The van der Waals surface area contributed by atoms with Crippen molar-refractivity contribution in [2.45, 2.75) is 33.1 Å². The molecule has 1 aliphatic carbocycles. The van der Waals surface area contributed by atoms with Gasteiger partial charge in [-0.1, -0.05) is 25.2 Å². The minimum atomic E-state index is -0.968. The van der Waals surface area contributed by atoms with Crippen molar-refractivity contribution in [2.75, 3.05) is 11.4 Å². The molecule has 1 aromatic heterocycles. The van der Waals surface area contributed by atoms with E-state index in [2.05, 4.69) is 4.98 Å². The quantitative estimate of drug-likeness (QED) is 0.899. The Kier molecular flexibility index (Phi) is 3.12. The average Bonchev–Trinajstić information content (AvgIpc) is 2.91. The Morgan fingerprint density at radius 1 is 1.38 bits per heavy atom. The molecular formula is C14H16N2O4S. The fourth-order valence-corrected chi connectivity index (χ4v) is 3.93. The molecule has 0 saturated carbocycles. The molecule has 1 N–H and O–H groups in total. The fourth-order valence-electron chi connectivity index (χ4n) is 2.88. The lowest BCUT2D eigenvalue weighted by atomic mass is 9.78. The predicted octanol–water partition coefficient (Wildman–Crippen LogP) is 1.74. The lowest BCUT2D eigenvalue weighted by Crippen LogP contribution is -2.26. The first-order valence-corrected chi connectivity index (χ1v) is 7.64. The summed E-state index contributed by atoms with van der Waals surface area (Å²) >= 11 is 1.21. The van der Waals surface area contributed by atoms with E-state index in [0.29, 0.717) is 22.9 Å². The van der Waals surface area contributed by atoms with Crippen LogP contribution in [0.1, 0.15) is 42.1 Å². The topological polar surface area (TPSA) is 87.6 Å². The number of thiazole rings is 1. The second-order valence-corrected chi connectivity index (χ2v) is 7.43. The van der Waals surface area contributed by atoms with Crippen LogP contribution < -0.4 is 4.90 Å². The van der Waals surface area contributed by atoms with Gasteiger partial charge in [-0.05, 0) is 11.8 Å². The van der Waals surface area contributed by atoms with Crippen LogP contribution in [0, 0.1) is 11.3 Å². The van der Waals surface area contributed by atoms with Crippen molar-refractivity contribution >= 4 is 34.1 Å². The molecule has 1 amide bonds. The van der Waals surface area contributed by atoms with Gasteiger partial charge in [-0.15, -0.1) is 0 Å². The molecule has 2 heterocycles. The second-order valence-electron chi connectivity index (χ2n) is 6.46. The number of nitrogens with zero attached hydrogens (tertiary/aromatic N) is 2. The number of hydrogen-bond acceptors (Lipinski definition) is 5. The van der Waals surface area contributed by atoms with E-state index in [9.17, 15) is 14.4 Å². The number of aromatic nitrogens is 1. The first-order valence-electron chi connectivity index (χ1n) is 6.83. The molecule has 112 valence electrons. The van der Waals surface area contributed by atoms with Crippen LogP contribution >= 0.6 is 11.3 Å². The summed E-state index contributed by atoms with van der Waals surface area (Å²) in [5.41, 5.74) is 0.622. The van der Waals surface area contributed by atoms with Crippen LogP contribution in [-0.4, -0.2) is 34.3 Å². The minimum Gasteiger partial charge on any atom is -0.481 e. The van der Waals surface area contributed by atoms with Crippen molar-refractivity contribution in [3.8, 4) is 0 Å². The lowest BCUT2D eigenvalue weighted by molar-refractivity contribution is -0.141. The zero-order valence-corrected chi connectivity index (χ0v) is 12.7. The molecule has 1 aliphatic heterocycles. The lowest BCUT2D eigenvalue weighted by Gasteiger charge is -2.26. The van der Waals surface area contributed by atoms with Gasteiger partial charge in [0.05, 0.1) is 16.5 Å². The number of carboxylic acid groups (broad SMARTS) is 1. The first kappa shape index (κ1) is 14.2. The largest absolute Gasteiger partial charge is 0.481 e. The summed E-state index contributed by atoms with van der Waals surface area (Å²) in [6.45, 7) is 4.18. The van der Waals surface area contributed by atoms with Crippen LogP contribution in [-0.2, 0) is 16.0 Å². The van der Waals surface area contributed by atoms with E-state index in [4.69, 9.17) is 5.11 Å². The fraction of sp³-hybridized carbons (Fsp3) is 0.571. The van der Waals surface area contributed by atoms with Gasteiger partial charge in [0.15, 0.2) is 10.9 Å². The maximum Gasteiger partial charge on any atom is 0.308 e. The number of anilines is 1. The first-order chi connectivity index (χ1) is 9.77. The molecule has 2 aliphatic rings. The Morgan fingerprint density at radius 3 is 2.71 bits per heavy atom. The average molecular weight is 308 g/mol. The number of Topliss-reactive ketones (excluding diaryl/α,β-unsaturated/α-hetero) is 1. The van der Waals surface area contributed by atoms with E-state index < -0.39 is 11.9 Å². The summed E-state index contributed by atoms with van der Waals surface area (Å²) in [7, 11) is 0. The van der Waals surface area contributed by atoms with Crippen LogP contribution in [0.4, 0.5) is 5.13 Å². The summed E-state index contributed by atoms with van der Waals surface area (Å²) in [5.74, 6) is -1.83. The maximum absolute atomic E-state index is 12.2. The second kappa shape index (κ2) is 4.62. The summed E-state index contributed by atoms with van der Waals surface area (Å²) in [5, 5.41) is 9.48. The number of amides is 1. The maximum atomic E-state index is 12.2. The van der Waals surface area contributed by atoms with Crippen molar-refractivity contribution in [3.63, 3.8) is 0 Å². The molecule has 7 heteroatoms. The van der Waals surface area contributed by atoms with Gasteiger partial charge in [-0.2, -0.15) is 0 Å². The number of aliphatic carboxylic acids is 1. The third-order valence-electron chi connectivity index (χ3n) is 3.93. The van der Waals surface area contributed by atoms with Gasteiger partial charge in [0, 0.05) is 19.4 Å². The Morgan fingerprint density at radius 2 is 2.10 bits per heavy atom. The van der Waals surface area contributed by atoms with Gasteiger partial charge < -0.3 is 5.11 Å². The molecule has 1 aromatic rings. The smallest absolute Gasteiger partial charge is 0.308 e. The zero-order chi connectivity index (χ0) is 15.4. The van der Waals surface area contributed by atoms with Crippen molar-refractivity contribution in [3.05, 3.63) is 10.6 Å². The van der Waals surface area contributed by atoms with Crippen LogP contribution in [0.5, 0.6) is 0 Å². The number of carbonyl (C=O) groups excluding carboxylic acids is 2. The van der Waals surface area contributed by atoms with Gasteiger partial charge in [-0.3, -0.25) is 19.3 Å². The summed E-state index contributed by atoms with van der Waals surface area (Å²) in [6.07, 6.45) is 1.18. The Balaban J connectivity index is 1.91. The normalized spacial score (nSPS) is 24.3. The predicted molar refractivity (Wildman–Crippen MR) is 76.6 cm³/mol. The van der Waals surface area contributed by atoms with Gasteiger partial charge in [0.25, 0.3) is 0 Å². The zero-order valence-electron chi connectivity index (χ0n) is 11.9. The van der Waals surface area contributed by atoms with E-state index >= 15 is 0 Å². The molecule has 0 radical (unpaired) electrons. The Labute approximate surface area is 125 Å². The Bertz CT molecular complexity index is 649. The standard InChI is InChI=1S/C14H16N2O4S/c1-14(2)4-8-11(9(17)5-14)21-13(15-8)16-6-7(12(19)20)3-10(16)18/h7H,3-6H2,1-2H3,(H,19,20)/t7-/m1/s1. The third kappa shape index (κ3) is 2.46. The molecule has 21 heavy (non-hydrogen) atoms. The minimum absolute atomic E-state index is 0.000973. The molecule has 1 atom stereocenters. The molecule has 0 spiro atoms. The summed E-state index contributed by atoms with van der Waals surface area (Å²) < 4.78 is 0. The SMILES string of the molecule is CC1(C)CC(=O)c2sc(N3C[C@H](C(=O)O)CC3=O)nc2C1. The molecule has 0 unspecified atom stereocenters. The highest BCUT2D eigenvalue weighted by Gasteiger charge is 2.39. The van der Waals surface area contributed by atoms with E-state index in [-0.39, 0.29) is 30.1 Å². The monoisotopic (exact) mass is 308 g/mol. The van der Waals surface area contributed by atoms with Crippen LogP contribution in [0.2, 0.25) is 0 Å². The van der Waals surface area contributed by atoms with Crippen LogP contribution in [0.15, 0.2) is 0 Å². The summed E-state index contributed by atoms with van der Waals surface area (Å²) in [4.78, 5) is 41.6. The van der Waals surface area contributed by atoms with Crippen LogP contribution in [0.3, 0.4) is 0 Å². The van der Waals surface area contributed by atoms with Crippen molar-refractivity contribution < 1.29 is 19.5 Å². The molecule has 1 fully saturated rings. The van der Waals surface area contributed by atoms with E-state index in [1.807, 2.05) is 13.8 Å². The van der Waals surface area contributed by atoms with E-state index in [0.717, 1.165) is 5.69 Å². The van der Waals surface area contributed by atoms with E-state index in [1.54, 1.807) is 0 Å². The van der Waals surface area contributed by atoms with E-state index in [1.165, 1.54) is 16.2 Å². The van der Waals surface area contributed by atoms with Gasteiger partial charge in [0.2, 0.25) is 5.91 Å². The van der Waals surface area contributed by atoms with Crippen molar-refractivity contribution in [1.82, 2.24) is 4.98 Å². The number of ketones is 1. The number of carboxylic acids is 1. The van der Waals surface area contributed by atoms with Crippen molar-refractivity contribution in [2.24, 2.45) is 11.3 Å². The highest BCUT2D eigenvalue weighted by Crippen LogP contribution is 2.40. The van der Waals surface area contributed by atoms with Gasteiger partial charge in [-0.25, -0.2) is 4.98 Å². The highest BCUT2D eigenvalue weighted by atomic mass is 32.1. The molecule has 1 saturated heterocycles. The third-order valence-corrected chi connectivity index (χ3v) is 5.09. The molecule has 6 nitrogen and oxygen atoms in total. The number of carbonyl (C=O) groups is 3. The molecular weight excluding hydrogens is 292 g/mol. The van der Waals surface area contributed by atoms with Crippen molar-refractivity contribution in [1.29, 1.82) is 0 Å². The van der Waals surface area contributed by atoms with Crippen LogP contribution in [0.25, 0.3) is 0 Å². The molecule has 0 aromatic carbocycles. The highest BCUT2D eigenvalue weighted by molar-refractivity contribution is 7.17.